The molecule has 0 amide bonds. The number of ether oxygens (including phenoxy) is 1. The fourth-order valence-electron chi connectivity index (χ4n) is 2.90. The van der Waals surface area contributed by atoms with Crippen LogP contribution in [0.15, 0.2) is 10.9 Å². The van der Waals surface area contributed by atoms with Gasteiger partial charge in [0, 0.05) is 17.8 Å². The number of hydrogen-bond donors (Lipinski definition) is 0. The zero-order chi connectivity index (χ0) is 14.9. The topological polar surface area (TPSA) is 48.3 Å². The Morgan fingerprint density at radius 1 is 1.45 bits per heavy atom. The van der Waals surface area contributed by atoms with Crippen LogP contribution < -0.4 is 5.56 Å². The molecule has 0 radical (unpaired) electrons. The van der Waals surface area contributed by atoms with E-state index in [4.69, 9.17) is 4.74 Å². The standard InChI is InChI=1S/C16H23NO3/c1-5-20-16(19)15-10(2)8-14(18)17(12(15)4)11(3)9-13-6-7-13/h8,11,13H,5-7,9H2,1-4H3. The van der Waals surface area contributed by atoms with E-state index in [0.29, 0.717) is 17.7 Å². The first kappa shape index (κ1) is 14.8. The fourth-order valence-corrected chi connectivity index (χ4v) is 2.90. The second kappa shape index (κ2) is 5.81. The molecule has 1 heterocycles. The number of carbonyl (C=O) groups excluding carboxylic acids is 1. The average Bonchev–Trinajstić information content (AvgIpc) is 3.12. The molecule has 1 aromatic heterocycles. The van der Waals surface area contributed by atoms with Gasteiger partial charge in [0.05, 0.1) is 12.2 Å². The summed E-state index contributed by atoms with van der Waals surface area (Å²) in [6.07, 6.45) is 3.52. The maximum Gasteiger partial charge on any atom is 0.340 e. The molecule has 0 spiro atoms. The van der Waals surface area contributed by atoms with E-state index in [0.717, 1.165) is 18.0 Å². The minimum absolute atomic E-state index is 0.0267. The molecule has 2 rings (SSSR count). The Morgan fingerprint density at radius 3 is 2.65 bits per heavy atom. The van der Waals surface area contributed by atoms with Gasteiger partial charge >= 0.3 is 5.97 Å². The predicted octanol–water partition coefficient (Wildman–Crippen LogP) is 3.00. The Kier molecular flexibility index (Phi) is 4.31. The molecule has 0 N–H and O–H groups in total. The van der Waals surface area contributed by atoms with Crippen molar-refractivity contribution in [3.8, 4) is 0 Å². The summed E-state index contributed by atoms with van der Waals surface area (Å²) in [4.78, 5) is 24.3. The molecule has 0 aromatic carbocycles. The van der Waals surface area contributed by atoms with Crippen molar-refractivity contribution in [1.29, 1.82) is 0 Å². The summed E-state index contributed by atoms with van der Waals surface area (Å²) >= 11 is 0. The fraction of sp³-hybridized carbons (Fsp3) is 0.625. The van der Waals surface area contributed by atoms with E-state index in [9.17, 15) is 9.59 Å². The Morgan fingerprint density at radius 2 is 2.10 bits per heavy atom. The summed E-state index contributed by atoms with van der Waals surface area (Å²) < 4.78 is 6.85. The SMILES string of the molecule is CCOC(=O)c1c(C)cc(=O)n(C(C)CC2CC2)c1C. The number of aromatic nitrogens is 1. The molecule has 20 heavy (non-hydrogen) atoms. The molecular weight excluding hydrogens is 254 g/mol. The summed E-state index contributed by atoms with van der Waals surface area (Å²) in [7, 11) is 0. The van der Waals surface area contributed by atoms with Gasteiger partial charge in [0.2, 0.25) is 0 Å². The van der Waals surface area contributed by atoms with Gasteiger partial charge < -0.3 is 9.30 Å². The first-order valence-electron chi connectivity index (χ1n) is 7.35. The van der Waals surface area contributed by atoms with Gasteiger partial charge in [-0.05, 0) is 45.6 Å². The van der Waals surface area contributed by atoms with Crippen molar-refractivity contribution in [1.82, 2.24) is 4.57 Å². The summed E-state index contributed by atoms with van der Waals surface area (Å²) in [6.45, 7) is 7.81. The average molecular weight is 277 g/mol. The molecule has 0 aliphatic heterocycles. The first-order valence-corrected chi connectivity index (χ1v) is 7.35. The van der Waals surface area contributed by atoms with Gasteiger partial charge in [0.25, 0.3) is 5.56 Å². The van der Waals surface area contributed by atoms with Gasteiger partial charge in [0.1, 0.15) is 0 Å². The Labute approximate surface area is 119 Å². The smallest absolute Gasteiger partial charge is 0.340 e. The van der Waals surface area contributed by atoms with Crippen molar-refractivity contribution in [2.24, 2.45) is 5.92 Å². The lowest BCUT2D eigenvalue weighted by Gasteiger charge is -2.21. The van der Waals surface area contributed by atoms with Crippen LogP contribution in [0.4, 0.5) is 0 Å². The molecule has 1 aliphatic carbocycles. The van der Waals surface area contributed by atoms with E-state index >= 15 is 0 Å². The van der Waals surface area contributed by atoms with E-state index in [2.05, 4.69) is 6.92 Å². The molecule has 0 saturated heterocycles. The molecule has 1 unspecified atom stereocenters. The molecule has 1 saturated carbocycles. The van der Waals surface area contributed by atoms with Crippen molar-refractivity contribution in [2.45, 2.75) is 53.0 Å². The number of hydrogen-bond acceptors (Lipinski definition) is 3. The molecule has 1 aliphatic rings. The van der Waals surface area contributed by atoms with E-state index in [1.165, 1.54) is 12.8 Å². The zero-order valence-electron chi connectivity index (χ0n) is 12.7. The van der Waals surface area contributed by atoms with Crippen molar-refractivity contribution >= 4 is 5.97 Å². The highest BCUT2D eigenvalue weighted by Crippen LogP contribution is 2.36. The molecule has 110 valence electrons. The van der Waals surface area contributed by atoms with E-state index in [-0.39, 0.29) is 17.6 Å². The normalized spacial score (nSPS) is 16.0. The van der Waals surface area contributed by atoms with Gasteiger partial charge in [0.15, 0.2) is 0 Å². The quantitative estimate of drug-likeness (QED) is 0.777. The van der Waals surface area contributed by atoms with Gasteiger partial charge in [-0.1, -0.05) is 12.8 Å². The number of nitrogens with zero attached hydrogens (tertiary/aromatic N) is 1. The van der Waals surface area contributed by atoms with Crippen molar-refractivity contribution < 1.29 is 9.53 Å². The summed E-state index contributed by atoms with van der Waals surface area (Å²) in [5, 5.41) is 0. The van der Waals surface area contributed by atoms with Crippen LogP contribution in [-0.4, -0.2) is 17.1 Å². The summed E-state index contributed by atoms with van der Waals surface area (Å²) in [6, 6.07) is 1.67. The highest BCUT2D eigenvalue weighted by molar-refractivity contribution is 5.92. The van der Waals surface area contributed by atoms with Crippen LogP contribution in [0.1, 0.15) is 60.8 Å². The lowest BCUT2D eigenvalue weighted by molar-refractivity contribution is 0.0523. The van der Waals surface area contributed by atoms with Crippen LogP contribution in [0.5, 0.6) is 0 Å². The van der Waals surface area contributed by atoms with Crippen molar-refractivity contribution in [2.75, 3.05) is 6.61 Å². The third-order valence-corrected chi connectivity index (χ3v) is 3.99. The van der Waals surface area contributed by atoms with Gasteiger partial charge in [-0.2, -0.15) is 0 Å². The molecule has 1 aromatic rings. The molecular formula is C16H23NO3. The van der Waals surface area contributed by atoms with Gasteiger partial charge in [-0.15, -0.1) is 0 Å². The first-order chi connectivity index (χ1) is 9.45. The molecule has 1 fully saturated rings. The maximum absolute atomic E-state index is 12.2. The van der Waals surface area contributed by atoms with E-state index in [1.54, 1.807) is 24.5 Å². The minimum atomic E-state index is -0.338. The van der Waals surface area contributed by atoms with Crippen LogP contribution in [-0.2, 0) is 4.74 Å². The molecule has 4 nitrogen and oxygen atoms in total. The van der Waals surface area contributed by atoms with Crippen LogP contribution in [0.2, 0.25) is 0 Å². The lowest BCUT2D eigenvalue weighted by atomic mass is 10.1. The van der Waals surface area contributed by atoms with E-state index < -0.39 is 0 Å². The maximum atomic E-state index is 12.2. The van der Waals surface area contributed by atoms with Crippen LogP contribution in [0.25, 0.3) is 0 Å². The second-order valence-electron chi connectivity index (χ2n) is 5.74. The molecule has 4 heteroatoms. The molecule has 0 bridgehead atoms. The Bertz CT molecular complexity index is 570. The van der Waals surface area contributed by atoms with Crippen LogP contribution in [0.3, 0.4) is 0 Å². The van der Waals surface area contributed by atoms with Gasteiger partial charge in [-0.3, -0.25) is 4.79 Å². The van der Waals surface area contributed by atoms with Crippen LogP contribution in [0, 0.1) is 19.8 Å². The monoisotopic (exact) mass is 277 g/mol. The largest absolute Gasteiger partial charge is 0.462 e. The van der Waals surface area contributed by atoms with Crippen molar-refractivity contribution in [3.05, 3.63) is 33.2 Å². The Balaban J connectivity index is 2.42. The number of rotatable bonds is 5. The third-order valence-electron chi connectivity index (χ3n) is 3.99. The highest BCUT2D eigenvalue weighted by Gasteiger charge is 2.26. The van der Waals surface area contributed by atoms with Crippen molar-refractivity contribution in [3.63, 3.8) is 0 Å². The third kappa shape index (κ3) is 2.94. The summed E-state index contributed by atoms with van der Waals surface area (Å²) in [5.74, 6) is 0.401. The Hall–Kier alpha value is -1.58. The highest BCUT2D eigenvalue weighted by atomic mass is 16.5. The number of esters is 1. The second-order valence-corrected chi connectivity index (χ2v) is 5.74. The van der Waals surface area contributed by atoms with Crippen LogP contribution >= 0.6 is 0 Å². The summed E-state index contributed by atoms with van der Waals surface area (Å²) in [5.41, 5.74) is 1.93. The number of pyridine rings is 1. The molecule has 1 atom stereocenters. The predicted molar refractivity (Wildman–Crippen MR) is 78.2 cm³/mol. The van der Waals surface area contributed by atoms with Gasteiger partial charge in [-0.25, -0.2) is 4.79 Å². The number of aryl methyl sites for hydroxylation is 1. The van der Waals surface area contributed by atoms with E-state index in [1.807, 2.05) is 6.92 Å². The number of carbonyl (C=O) groups is 1. The zero-order valence-corrected chi connectivity index (χ0v) is 12.7. The lowest BCUT2D eigenvalue weighted by Crippen LogP contribution is -2.28. The minimum Gasteiger partial charge on any atom is -0.462 e.